The van der Waals surface area contributed by atoms with Crippen LogP contribution in [0.2, 0.25) is 0 Å². The van der Waals surface area contributed by atoms with Gasteiger partial charge in [0.15, 0.2) is 11.5 Å². The van der Waals surface area contributed by atoms with Crippen LogP contribution in [0.3, 0.4) is 0 Å². The number of nitrogen functional groups attached to an aromatic ring is 1. The second kappa shape index (κ2) is 4.64. The molecule has 1 aromatic carbocycles. The Bertz CT molecular complexity index is 647. The number of aromatic nitrogens is 2. The van der Waals surface area contributed by atoms with Gasteiger partial charge in [-0.05, 0) is 37.1 Å². The fourth-order valence-electron chi connectivity index (χ4n) is 1.94. The number of aromatic amines is 1. The smallest absolute Gasteiger partial charge is 0.354 e. The third-order valence-corrected chi connectivity index (χ3v) is 3.09. The van der Waals surface area contributed by atoms with Crippen LogP contribution >= 0.6 is 0 Å². The van der Waals surface area contributed by atoms with Gasteiger partial charge in [-0.3, -0.25) is 5.10 Å². The van der Waals surface area contributed by atoms with E-state index in [-0.39, 0.29) is 11.5 Å². The number of carboxylic acid groups (broad SMARTS) is 1. The van der Waals surface area contributed by atoms with Gasteiger partial charge in [0.05, 0.1) is 12.7 Å². The minimum atomic E-state index is -1.11. The number of anilines is 1. The zero-order chi connectivity index (χ0) is 14.2. The van der Waals surface area contributed by atoms with Crippen LogP contribution in [0.4, 0.5) is 5.82 Å². The minimum Gasteiger partial charge on any atom is -0.496 e. The standard InChI is InChI=1S/C13H15N3O3/c1-6-4-8(9(19-3)5-7(6)2)10-11(13(17)18)15-16-12(10)14/h4-5H,1-3H3,(H,17,18)(H3,14,15,16). The molecule has 6 nitrogen and oxygen atoms in total. The maximum atomic E-state index is 11.2. The van der Waals surface area contributed by atoms with Gasteiger partial charge >= 0.3 is 5.97 Å². The molecule has 0 atom stereocenters. The lowest BCUT2D eigenvalue weighted by Crippen LogP contribution is -2.01. The van der Waals surface area contributed by atoms with Gasteiger partial charge in [0.2, 0.25) is 0 Å². The second-order valence-electron chi connectivity index (χ2n) is 4.30. The fourth-order valence-corrected chi connectivity index (χ4v) is 1.94. The van der Waals surface area contributed by atoms with Crippen molar-refractivity contribution in [2.75, 3.05) is 12.8 Å². The average Bonchev–Trinajstić information content (AvgIpc) is 2.74. The van der Waals surface area contributed by atoms with Crippen LogP contribution in [0.15, 0.2) is 12.1 Å². The molecule has 0 unspecified atom stereocenters. The molecular formula is C13H15N3O3. The first-order valence-corrected chi connectivity index (χ1v) is 5.68. The summed E-state index contributed by atoms with van der Waals surface area (Å²) in [6, 6.07) is 3.70. The highest BCUT2D eigenvalue weighted by Gasteiger charge is 2.21. The first-order valence-electron chi connectivity index (χ1n) is 5.68. The summed E-state index contributed by atoms with van der Waals surface area (Å²) in [5, 5.41) is 15.3. The molecule has 0 saturated carbocycles. The molecule has 0 aliphatic carbocycles. The quantitative estimate of drug-likeness (QED) is 0.784. The Hall–Kier alpha value is -2.50. The Labute approximate surface area is 110 Å². The van der Waals surface area contributed by atoms with Crippen LogP contribution in [0.25, 0.3) is 11.1 Å². The molecule has 0 bridgehead atoms. The summed E-state index contributed by atoms with van der Waals surface area (Å²) in [6.07, 6.45) is 0. The average molecular weight is 261 g/mol. The summed E-state index contributed by atoms with van der Waals surface area (Å²) in [4.78, 5) is 11.2. The van der Waals surface area contributed by atoms with Crippen molar-refractivity contribution in [2.45, 2.75) is 13.8 Å². The molecule has 19 heavy (non-hydrogen) atoms. The zero-order valence-corrected chi connectivity index (χ0v) is 10.9. The SMILES string of the molecule is COc1cc(C)c(C)cc1-c1c(N)n[nH]c1C(=O)O. The number of H-pyrrole nitrogens is 1. The van der Waals surface area contributed by atoms with Crippen molar-refractivity contribution in [3.63, 3.8) is 0 Å². The first kappa shape index (κ1) is 12.9. The lowest BCUT2D eigenvalue weighted by atomic mass is 9.99. The van der Waals surface area contributed by atoms with E-state index in [2.05, 4.69) is 10.2 Å². The maximum absolute atomic E-state index is 11.2. The van der Waals surface area contributed by atoms with Crippen LogP contribution in [0, 0.1) is 13.8 Å². The molecule has 0 spiro atoms. The van der Waals surface area contributed by atoms with Crippen LogP contribution < -0.4 is 10.5 Å². The number of carbonyl (C=O) groups is 1. The number of benzene rings is 1. The van der Waals surface area contributed by atoms with Crippen molar-refractivity contribution in [1.29, 1.82) is 0 Å². The lowest BCUT2D eigenvalue weighted by Gasteiger charge is -2.12. The molecule has 4 N–H and O–H groups in total. The molecule has 1 aromatic heterocycles. The van der Waals surface area contributed by atoms with Crippen molar-refractivity contribution in [2.24, 2.45) is 0 Å². The van der Waals surface area contributed by atoms with Gasteiger partial charge in [0, 0.05) is 5.56 Å². The number of ether oxygens (including phenoxy) is 1. The molecule has 0 saturated heterocycles. The van der Waals surface area contributed by atoms with E-state index in [0.717, 1.165) is 11.1 Å². The van der Waals surface area contributed by atoms with Crippen LogP contribution in [0.1, 0.15) is 21.6 Å². The second-order valence-corrected chi connectivity index (χ2v) is 4.30. The molecule has 2 aromatic rings. The number of aryl methyl sites for hydroxylation is 2. The predicted molar refractivity (Wildman–Crippen MR) is 71.4 cm³/mol. The molecule has 0 fully saturated rings. The van der Waals surface area contributed by atoms with Gasteiger partial charge in [0.1, 0.15) is 5.75 Å². The Kier molecular flexibility index (Phi) is 3.16. The highest BCUT2D eigenvalue weighted by Crippen LogP contribution is 2.37. The summed E-state index contributed by atoms with van der Waals surface area (Å²) in [6.45, 7) is 3.90. The Morgan fingerprint density at radius 2 is 2.00 bits per heavy atom. The number of aromatic carboxylic acids is 1. The number of methoxy groups -OCH3 is 1. The van der Waals surface area contributed by atoms with E-state index in [0.29, 0.717) is 16.9 Å². The van der Waals surface area contributed by atoms with Crippen molar-refractivity contribution in [3.8, 4) is 16.9 Å². The summed E-state index contributed by atoms with van der Waals surface area (Å²) < 4.78 is 5.30. The normalized spacial score (nSPS) is 10.5. The number of carboxylic acids is 1. The van der Waals surface area contributed by atoms with Crippen molar-refractivity contribution < 1.29 is 14.6 Å². The van der Waals surface area contributed by atoms with Crippen LogP contribution in [0.5, 0.6) is 5.75 Å². The van der Waals surface area contributed by atoms with Gasteiger partial charge in [0.25, 0.3) is 0 Å². The fraction of sp³-hybridized carbons (Fsp3) is 0.231. The lowest BCUT2D eigenvalue weighted by molar-refractivity contribution is 0.0691. The van der Waals surface area contributed by atoms with Gasteiger partial charge in [-0.25, -0.2) is 4.79 Å². The third-order valence-electron chi connectivity index (χ3n) is 3.09. The Morgan fingerprint density at radius 1 is 1.37 bits per heavy atom. The van der Waals surface area contributed by atoms with E-state index in [1.54, 1.807) is 0 Å². The topological polar surface area (TPSA) is 101 Å². The summed E-state index contributed by atoms with van der Waals surface area (Å²) in [5.41, 5.74) is 8.77. The summed E-state index contributed by atoms with van der Waals surface area (Å²) >= 11 is 0. The molecule has 0 aliphatic heterocycles. The van der Waals surface area contributed by atoms with Gasteiger partial charge in [-0.2, -0.15) is 5.10 Å². The number of hydrogen-bond acceptors (Lipinski definition) is 4. The monoisotopic (exact) mass is 261 g/mol. The number of hydrogen-bond donors (Lipinski definition) is 3. The highest BCUT2D eigenvalue weighted by molar-refractivity contribution is 5.98. The number of nitrogens with zero attached hydrogens (tertiary/aromatic N) is 1. The maximum Gasteiger partial charge on any atom is 0.354 e. The number of nitrogens with two attached hydrogens (primary N) is 1. The van der Waals surface area contributed by atoms with E-state index < -0.39 is 5.97 Å². The van der Waals surface area contributed by atoms with E-state index in [9.17, 15) is 4.79 Å². The number of nitrogens with one attached hydrogen (secondary N) is 1. The van der Waals surface area contributed by atoms with E-state index in [1.165, 1.54) is 7.11 Å². The Morgan fingerprint density at radius 3 is 2.58 bits per heavy atom. The molecule has 0 amide bonds. The van der Waals surface area contributed by atoms with Gasteiger partial charge in [-0.1, -0.05) is 0 Å². The van der Waals surface area contributed by atoms with Crippen molar-refractivity contribution in [1.82, 2.24) is 10.2 Å². The largest absolute Gasteiger partial charge is 0.496 e. The molecule has 2 rings (SSSR count). The van der Waals surface area contributed by atoms with Crippen LogP contribution in [-0.2, 0) is 0 Å². The molecular weight excluding hydrogens is 246 g/mol. The molecule has 0 aliphatic rings. The third kappa shape index (κ3) is 2.12. The first-order chi connectivity index (χ1) is 8.95. The molecule has 6 heteroatoms. The van der Waals surface area contributed by atoms with E-state index >= 15 is 0 Å². The molecule has 0 radical (unpaired) electrons. The Balaban J connectivity index is 2.75. The van der Waals surface area contributed by atoms with Gasteiger partial charge < -0.3 is 15.6 Å². The molecule has 100 valence electrons. The summed E-state index contributed by atoms with van der Waals surface area (Å²) in [7, 11) is 1.53. The predicted octanol–water partition coefficient (Wildman–Crippen LogP) is 1.98. The molecule has 1 heterocycles. The summed E-state index contributed by atoms with van der Waals surface area (Å²) in [5.74, 6) is -0.405. The van der Waals surface area contributed by atoms with Crippen molar-refractivity contribution in [3.05, 3.63) is 29.0 Å². The van der Waals surface area contributed by atoms with Gasteiger partial charge in [-0.15, -0.1) is 0 Å². The highest BCUT2D eigenvalue weighted by atomic mass is 16.5. The number of rotatable bonds is 3. The van der Waals surface area contributed by atoms with E-state index in [4.69, 9.17) is 15.6 Å². The minimum absolute atomic E-state index is 0.0425. The van der Waals surface area contributed by atoms with Crippen LogP contribution in [-0.4, -0.2) is 28.4 Å². The van der Waals surface area contributed by atoms with E-state index in [1.807, 2.05) is 26.0 Å². The van der Waals surface area contributed by atoms with Crippen molar-refractivity contribution >= 4 is 11.8 Å². The zero-order valence-electron chi connectivity index (χ0n) is 10.9.